The minimum absolute atomic E-state index is 0.00850. The van der Waals surface area contributed by atoms with Crippen LogP contribution in [0.5, 0.6) is 5.75 Å². The van der Waals surface area contributed by atoms with Gasteiger partial charge in [-0.25, -0.2) is 8.78 Å². The highest BCUT2D eigenvalue weighted by molar-refractivity contribution is 5.99. The molecule has 0 atom stereocenters. The maximum Gasteiger partial charge on any atom is 0.269 e. The summed E-state index contributed by atoms with van der Waals surface area (Å²) in [5.41, 5.74) is 4.05. The van der Waals surface area contributed by atoms with Crippen LogP contribution < -0.4 is 10.9 Å². The van der Waals surface area contributed by atoms with Gasteiger partial charge >= 0.3 is 0 Å². The maximum absolute atomic E-state index is 13.0. The number of carbonyl (C=O) groups excluding carboxylic acids is 2. The molecule has 0 radical (unpaired) electrons. The van der Waals surface area contributed by atoms with E-state index in [9.17, 15) is 18.4 Å². The van der Waals surface area contributed by atoms with E-state index in [0.717, 1.165) is 12.1 Å². The lowest BCUT2D eigenvalue weighted by molar-refractivity contribution is 0.0846. The number of hydrogen-bond donors (Lipinski definition) is 3. The van der Waals surface area contributed by atoms with Crippen LogP contribution in [0.4, 0.5) is 8.78 Å². The molecule has 0 heterocycles. The van der Waals surface area contributed by atoms with Crippen LogP contribution in [-0.2, 0) is 0 Å². The van der Waals surface area contributed by atoms with Crippen molar-refractivity contribution >= 4 is 11.8 Å². The van der Waals surface area contributed by atoms with Gasteiger partial charge in [0.1, 0.15) is 17.4 Å². The van der Waals surface area contributed by atoms with Crippen molar-refractivity contribution in [1.29, 1.82) is 0 Å². The Morgan fingerprint density at radius 3 is 1.81 bits per heavy atom. The molecule has 0 bridgehead atoms. The molecule has 0 saturated heterocycles. The smallest absolute Gasteiger partial charge is 0.269 e. The number of nitrogens with one attached hydrogen (secondary N) is 2. The van der Waals surface area contributed by atoms with E-state index in [1.54, 1.807) is 0 Å². The van der Waals surface area contributed by atoms with Gasteiger partial charge in [0, 0.05) is 17.2 Å². The Morgan fingerprint density at radius 2 is 1.29 bits per heavy atom. The highest BCUT2D eigenvalue weighted by Crippen LogP contribution is 2.09. The van der Waals surface area contributed by atoms with E-state index in [1.165, 1.54) is 24.3 Å². The lowest BCUT2D eigenvalue weighted by atomic mass is 10.2. The number of phenolic OH excluding ortho intramolecular Hbond substituents is 1. The first-order valence-electron chi connectivity index (χ1n) is 5.81. The van der Waals surface area contributed by atoms with Gasteiger partial charge in [-0.2, -0.15) is 0 Å². The van der Waals surface area contributed by atoms with Crippen LogP contribution >= 0.6 is 0 Å². The Labute approximate surface area is 118 Å². The third kappa shape index (κ3) is 3.75. The molecule has 5 nitrogen and oxygen atoms in total. The normalized spacial score (nSPS) is 10.0. The molecule has 2 rings (SSSR count). The highest BCUT2D eigenvalue weighted by Gasteiger charge is 2.11. The monoisotopic (exact) mass is 292 g/mol. The van der Waals surface area contributed by atoms with Gasteiger partial charge < -0.3 is 5.11 Å². The summed E-state index contributed by atoms with van der Waals surface area (Å²) in [7, 11) is 0. The molecule has 0 fully saturated rings. The Hall–Kier alpha value is -2.96. The second kappa shape index (κ2) is 6.00. The number of carbonyl (C=O) groups is 2. The van der Waals surface area contributed by atoms with Gasteiger partial charge in [-0.1, -0.05) is 0 Å². The third-order valence-electron chi connectivity index (χ3n) is 2.54. The maximum atomic E-state index is 13.0. The average molecular weight is 292 g/mol. The zero-order valence-electron chi connectivity index (χ0n) is 10.6. The van der Waals surface area contributed by atoms with E-state index >= 15 is 0 Å². The van der Waals surface area contributed by atoms with Crippen LogP contribution in [0.2, 0.25) is 0 Å². The fourth-order valence-corrected chi connectivity index (χ4v) is 1.56. The molecule has 0 aliphatic heterocycles. The van der Waals surface area contributed by atoms with Crippen LogP contribution in [-0.4, -0.2) is 16.9 Å². The van der Waals surface area contributed by atoms with Crippen LogP contribution in [0.1, 0.15) is 20.7 Å². The first-order valence-corrected chi connectivity index (χ1v) is 5.81. The summed E-state index contributed by atoms with van der Waals surface area (Å²) in [5.74, 6) is -3.30. The van der Waals surface area contributed by atoms with Crippen molar-refractivity contribution < 1.29 is 23.5 Å². The van der Waals surface area contributed by atoms with Crippen molar-refractivity contribution in [2.24, 2.45) is 0 Å². The molecule has 21 heavy (non-hydrogen) atoms. The van der Waals surface area contributed by atoms with E-state index in [1.807, 2.05) is 5.43 Å². The molecule has 3 N–H and O–H groups in total. The predicted molar refractivity (Wildman–Crippen MR) is 69.4 cm³/mol. The minimum atomic E-state index is -0.898. The molecular formula is C14H10F2N2O3. The summed E-state index contributed by atoms with van der Waals surface area (Å²) in [6.45, 7) is 0. The van der Waals surface area contributed by atoms with E-state index in [0.29, 0.717) is 6.07 Å². The van der Waals surface area contributed by atoms with E-state index < -0.39 is 23.4 Å². The average Bonchev–Trinajstić information content (AvgIpc) is 2.44. The van der Waals surface area contributed by atoms with Crippen molar-refractivity contribution in [3.63, 3.8) is 0 Å². The fourth-order valence-electron chi connectivity index (χ4n) is 1.56. The fraction of sp³-hybridized carbons (Fsp3) is 0. The summed E-state index contributed by atoms with van der Waals surface area (Å²) < 4.78 is 25.9. The van der Waals surface area contributed by atoms with Gasteiger partial charge in [0.15, 0.2) is 0 Å². The van der Waals surface area contributed by atoms with Crippen molar-refractivity contribution in [3.8, 4) is 5.75 Å². The zero-order valence-corrected chi connectivity index (χ0v) is 10.6. The van der Waals surface area contributed by atoms with Gasteiger partial charge in [0.2, 0.25) is 0 Å². The molecular weight excluding hydrogens is 282 g/mol. The molecule has 7 heteroatoms. The number of hydrogen-bond acceptors (Lipinski definition) is 3. The van der Waals surface area contributed by atoms with Crippen LogP contribution in [0.3, 0.4) is 0 Å². The Bertz CT molecular complexity index is 667. The number of amides is 2. The lowest BCUT2D eigenvalue weighted by Crippen LogP contribution is -2.41. The molecule has 2 aromatic rings. The number of rotatable bonds is 2. The molecule has 0 saturated carbocycles. The number of hydrazine groups is 1. The van der Waals surface area contributed by atoms with Gasteiger partial charge in [0.05, 0.1) is 0 Å². The van der Waals surface area contributed by atoms with Gasteiger partial charge in [-0.05, 0) is 36.4 Å². The molecule has 0 aromatic heterocycles. The minimum Gasteiger partial charge on any atom is -0.508 e. The SMILES string of the molecule is O=C(NNC(=O)c1cc(F)cc(F)c1)c1ccc(O)cc1. The van der Waals surface area contributed by atoms with E-state index in [-0.39, 0.29) is 16.9 Å². The van der Waals surface area contributed by atoms with Crippen molar-refractivity contribution in [2.75, 3.05) is 0 Å². The molecule has 0 aliphatic carbocycles. The Morgan fingerprint density at radius 1 is 0.810 bits per heavy atom. The molecule has 108 valence electrons. The van der Waals surface area contributed by atoms with Gasteiger partial charge in [0.25, 0.3) is 11.8 Å². The number of benzene rings is 2. The summed E-state index contributed by atoms with van der Waals surface area (Å²) in [6, 6.07) is 7.61. The van der Waals surface area contributed by atoms with Crippen LogP contribution in [0.15, 0.2) is 42.5 Å². The van der Waals surface area contributed by atoms with Crippen LogP contribution in [0.25, 0.3) is 0 Å². The number of halogens is 2. The van der Waals surface area contributed by atoms with Gasteiger partial charge in [-0.15, -0.1) is 0 Å². The van der Waals surface area contributed by atoms with Crippen LogP contribution in [0, 0.1) is 11.6 Å². The first-order chi connectivity index (χ1) is 9.95. The first kappa shape index (κ1) is 14.4. The standard InChI is InChI=1S/C14H10F2N2O3/c15-10-5-9(6-11(16)7-10)14(21)18-17-13(20)8-1-3-12(19)4-2-8/h1-7,19H,(H,17,20)(H,18,21). The molecule has 0 unspecified atom stereocenters. The molecule has 0 aliphatic rings. The van der Waals surface area contributed by atoms with E-state index in [2.05, 4.69) is 5.43 Å². The topological polar surface area (TPSA) is 78.4 Å². The lowest BCUT2D eigenvalue weighted by Gasteiger charge is -2.07. The quantitative estimate of drug-likeness (QED) is 0.738. The largest absolute Gasteiger partial charge is 0.508 e. The Kier molecular flexibility index (Phi) is 4.13. The predicted octanol–water partition coefficient (Wildman–Crippen LogP) is 1.75. The number of aromatic hydroxyl groups is 1. The van der Waals surface area contributed by atoms with E-state index in [4.69, 9.17) is 5.11 Å². The summed E-state index contributed by atoms with van der Waals surface area (Å²) in [5, 5.41) is 9.08. The van der Waals surface area contributed by atoms with Crippen molar-refractivity contribution in [2.45, 2.75) is 0 Å². The van der Waals surface area contributed by atoms with Crippen molar-refractivity contribution in [1.82, 2.24) is 10.9 Å². The zero-order chi connectivity index (χ0) is 15.4. The second-order valence-electron chi connectivity index (χ2n) is 4.11. The van der Waals surface area contributed by atoms with Crippen molar-refractivity contribution in [3.05, 3.63) is 65.2 Å². The third-order valence-corrected chi connectivity index (χ3v) is 2.54. The number of phenols is 1. The van der Waals surface area contributed by atoms with Gasteiger partial charge in [-0.3, -0.25) is 20.4 Å². The Balaban J connectivity index is 2.00. The summed E-state index contributed by atoms with van der Waals surface area (Å²) >= 11 is 0. The summed E-state index contributed by atoms with van der Waals surface area (Å²) in [6.07, 6.45) is 0. The second-order valence-corrected chi connectivity index (χ2v) is 4.11. The molecule has 2 amide bonds. The highest BCUT2D eigenvalue weighted by atomic mass is 19.1. The molecule has 0 spiro atoms. The molecule has 2 aromatic carbocycles. The summed E-state index contributed by atoms with van der Waals surface area (Å²) in [4.78, 5) is 23.3.